The number of nitrogens with one attached hydrogen (secondary N) is 1. The van der Waals surface area contributed by atoms with Gasteiger partial charge in [-0.15, -0.1) is 0 Å². The van der Waals surface area contributed by atoms with E-state index in [9.17, 15) is 9.59 Å². The normalized spacial score (nSPS) is 10.5. The number of rotatable bonds is 5. The van der Waals surface area contributed by atoms with Crippen LogP contribution in [0.5, 0.6) is 0 Å². The Kier molecular flexibility index (Phi) is 4.37. The highest BCUT2D eigenvalue weighted by molar-refractivity contribution is 5.60. The van der Waals surface area contributed by atoms with Gasteiger partial charge in [0.05, 0.1) is 0 Å². The Morgan fingerprint density at radius 2 is 1.94 bits per heavy atom. The lowest BCUT2D eigenvalue weighted by molar-refractivity contribution is 0.575. The van der Waals surface area contributed by atoms with E-state index in [2.05, 4.69) is 5.32 Å². The Bertz CT molecular complexity index is 501. The van der Waals surface area contributed by atoms with Gasteiger partial charge >= 0.3 is 5.69 Å². The summed E-state index contributed by atoms with van der Waals surface area (Å²) in [6.45, 7) is 5.04. The fourth-order valence-corrected chi connectivity index (χ4v) is 1.66. The van der Waals surface area contributed by atoms with Crippen molar-refractivity contribution in [3.05, 3.63) is 20.8 Å². The van der Waals surface area contributed by atoms with Crippen LogP contribution in [-0.2, 0) is 13.6 Å². The number of nitrogens with two attached hydrogens (primary N) is 1. The second-order valence-corrected chi connectivity index (χ2v) is 3.94. The van der Waals surface area contributed by atoms with E-state index in [0.717, 1.165) is 17.4 Å². The molecular formula is C11H20N4O2. The fourth-order valence-electron chi connectivity index (χ4n) is 1.66. The van der Waals surface area contributed by atoms with Crippen LogP contribution >= 0.6 is 0 Å². The standard InChI is InChI=1S/C11H20N4O2/c1-4-6-7-15-9(12)8(13-5-2)10(16)14(3)11(15)17/h13H,4-7,12H2,1-3H3. The topological polar surface area (TPSA) is 82.0 Å². The molecule has 3 N–H and O–H groups in total. The molecular weight excluding hydrogens is 220 g/mol. The molecule has 0 bridgehead atoms. The number of nitrogens with zero attached hydrogens (tertiary/aromatic N) is 2. The first-order valence-corrected chi connectivity index (χ1v) is 5.87. The molecule has 0 fully saturated rings. The predicted molar refractivity (Wildman–Crippen MR) is 69.4 cm³/mol. The molecule has 0 radical (unpaired) electrons. The Morgan fingerprint density at radius 1 is 1.29 bits per heavy atom. The molecule has 0 unspecified atom stereocenters. The van der Waals surface area contributed by atoms with Gasteiger partial charge in [0.1, 0.15) is 11.5 Å². The number of unbranched alkanes of at least 4 members (excludes halogenated alkanes) is 1. The van der Waals surface area contributed by atoms with Gasteiger partial charge in [0.25, 0.3) is 5.56 Å². The highest BCUT2D eigenvalue weighted by Gasteiger charge is 2.13. The SMILES string of the molecule is CCCCn1c(N)c(NCC)c(=O)n(C)c1=O. The van der Waals surface area contributed by atoms with Crippen molar-refractivity contribution in [3.63, 3.8) is 0 Å². The molecule has 6 nitrogen and oxygen atoms in total. The van der Waals surface area contributed by atoms with Crippen molar-refractivity contribution in [2.45, 2.75) is 33.2 Å². The van der Waals surface area contributed by atoms with E-state index in [4.69, 9.17) is 5.73 Å². The summed E-state index contributed by atoms with van der Waals surface area (Å²) in [5.74, 6) is 0.230. The Morgan fingerprint density at radius 3 is 2.47 bits per heavy atom. The highest BCUT2D eigenvalue weighted by atomic mass is 16.2. The molecule has 0 aliphatic carbocycles. The van der Waals surface area contributed by atoms with E-state index >= 15 is 0 Å². The van der Waals surface area contributed by atoms with Crippen molar-refractivity contribution >= 4 is 11.5 Å². The van der Waals surface area contributed by atoms with Crippen LogP contribution in [0.4, 0.5) is 11.5 Å². The zero-order chi connectivity index (χ0) is 13.0. The van der Waals surface area contributed by atoms with E-state index in [0.29, 0.717) is 18.8 Å². The molecule has 96 valence electrons. The zero-order valence-corrected chi connectivity index (χ0v) is 10.6. The highest BCUT2D eigenvalue weighted by Crippen LogP contribution is 2.10. The molecule has 0 saturated heterocycles. The number of anilines is 2. The summed E-state index contributed by atoms with van der Waals surface area (Å²) in [5.41, 5.74) is 5.45. The summed E-state index contributed by atoms with van der Waals surface area (Å²) >= 11 is 0. The van der Waals surface area contributed by atoms with Crippen molar-refractivity contribution < 1.29 is 0 Å². The van der Waals surface area contributed by atoms with Gasteiger partial charge in [-0.25, -0.2) is 4.79 Å². The molecule has 1 aromatic heterocycles. The van der Waals surface area contributed by atoms with Crippen molar-refractivity contribution in [2.75, 3.05) is 17.6 Å². The number of aromatic nitrogens is 2. The van der Waals surface area contributed by atoms with Gasteiger partial charge in [-0.1, -0.05) is 13.3 Å². The quantitative estimate of drug-likeness (QED) is 0.778. The maximum Gasteiger partial charge on any atom is 0.332 e. The third-order valence-electron chi connectivity index (χ3n) is 2.67. The molecule has 17 heavy (non-hydrogen) atoms. The van der Waals surface area contributed by atoms with Crippen LogP contribution in [0.1, 0.15) is 26.7 Å². The van der Waals surface area contributed by atoms with E-state index in [1.807, 2.05) is 13.8 Å². The molecule has 0 spiro atoms. The van der Waals surface area contributed by atoms with Crippen LogP contribution in [0.3, 0.4) is 0 Å². The van der Waals surface area contributed by atoms with Crippen LogP contribution in [0.25, 0.3) is 0 Å². The van der Waals surface area contributed by atoms with Crippen LogP contribution in [0.2, 0.25) is 0 Å². The molecule has 6 heteroatoms. The van der Waals surface area contributed by atoms with Crippen LogP contribution < -0.4 is 22.3 Å². The lowest BCUT2D eigenvalue weighted by Gasteiger charge is -2.15. The largest absolute Gasteiger partial charge is 0.383 e. The fraction of sp³-hybridized carbons (Fsp3) is 0.636. The minimum absolute atomic E-state index is 0.230. The van der Waals surface area contributed by atoms with Crippen molar-refractivity contribution in [2.24, 2.45) is 7.05 Å². The molecule has 0 aliphatic rings. The smallest absolute Gasteiger partial charge is 0.332 e. The monoisotopic (exact) mass is 240 g/mol. The van der Waals surface area contributed by atoms with Crippen molar-refractivity contribution in [3.8, 4) is 0 Å². The van der Waals surface area contributed by atoms with Gasteiger partial charge in [0.2, 0.25) is 0 Å². The molecule has 0 amide bonds. The van der Waals surface area contributed by atoms with Gasteiger partial charge in [0, 0.05) is 20.1 Å². The molecule has 0 aliphatic heterocycles. The number of hydrogen-bond donors (Lipinski definition) is 2. The Balaban J connectivity index is 3.39. The summed E-state index contributed by atoms with van der Waals surface area (Å²) in [5, 5.41) is 2.91. The van der Waals surface area contributed by atoms with Crippen LogP contribution in [0, 0.1) is 0 Å². The van der Waals surface area contributed by atoms with E-state index < -0.39 is 0 Å². The minimum Gasteiger partial charge on any atom is -0.383 e. The average molecular weight is 240 g/mol. The molecule has 1 rings (SSSR count). The molecule has 0 saturated carbocycles. The minimum atomic E-state index is -0.373. The third kappa shape index (κ3) is 2.51. The van der Waals surface area contributed by atoms with Crippen molar-refractivity contribution in [1.82, 2.24) is 9.13 Å². The van der Waals surface area contributed by atoms with Crippen LogP contribution in [-0.4, -0.2) is 15.7 Å². The van der Waals surface area contributed by atoms with Gasteiger partial charge in [-0.3, -0.25) is 13.9 Å². The second-order valence-electron chi connectivity index (χ2n) is 3.94. The average Bonchev–Trinajstić information content (AvgIpc) is 2.32. The Hall–Kier alpha value is -1.72. The lowest BCUT2D eigenvalue weighted by atomic mass is 10.3. The summed E-state index contributed by atoms with van der Waals surface area (Å²) in [4.78, 5) is 23.7. The molecule has 0 atom stereocenters. The summed E-state index contributed by atoms with van der Waals surface area (Å²) in [6.07, 6.45) is 1.82. The maximum atomic E-state index is 11.9. The van der Waals surface area contributed by atoms with Gasteiger partial charge in [-0.2, -0.15) is 0 Å². The van der Waals surface area contributed by atoms with Crippen LogP contribution in [0.15, 0.2) is 9.59 Å². The summed E-state index contributed by atoms with van der Waals surface area (Å²) in [7, 11) is 1.47. The predicted octanol–water partition coefficient (Wildman–Crippen LogP) is 0.361. The summed E-state index contributed by atoms with van der Waals surface area (Å²) in [6, 6.07) is 0. The molecule has 1 heterocycles. The third-order valence-corrected chi connectivity index (χ3v) is 2.67. The van der Waals surface area contributed by atoms with E-state index in [-0.39, 0.29) is 17.1 Å². The first-order chi connectivity index (χ1) is 8.04. The zero-order valence-electron chi connectivity index (χ0n) is 10.6. The van der Waals surface area contributed by atoms with Gasteiger partial charge in [0.15, 0.2) is 0 Å². The first kappa shape index (κ1) is 13.3. The van der Waals surface area contributed by atoms with Gasteiger partial charge < -0.3 is 11.1 Å². The maximum absolute atomic E-state index is 11.9. The number of nitrogen functional groups attached to an aromatic ring is 1. The van der Waals surface area contributed by atoms with Crippen molar-refractivity contribution in [1.29, 1.82) is 0 Å². The first-order valence-electron chi connectivity index (χ1n) is 5.87. The Labute approximate surface area is 100 Å². The molecule has 0 aromatic carbocycles. The van der Waals surface area contributed by atoms with E-state index in [1.165, 1.54) is 11.6 Å². The molecule has 1 aromatic rings. The van der Waals surface area contributed by atoms with E-state index in [1.54, 1.807) is 0 Å². The second kappa shape index (κ2) is 5.56. The lowest BCUT2D eigenvalue weighted by Crippen LogP contribution is -2.40. The number of hydrogen-bond acceptors (Lipinski definition) is 4. The van der Waals surface area contributed by atoms with Gasteiger partial charge in [-0.05, 0) is 13.3 Å². The summed E-state index contributed by atoms with van der Waals surface area (Å²) < 4.78 is 2.53.